The Morgan fingerprint density at radius 1 is 1.13 bits per heavy atom. The predicted octanol–water partition coefficient (Wildman–Crippen LogP) is 3.22. The van der Waals surface area contributed by atoms with E-state index < -0.39 is 6.10 Å². The van der Waals surface area contributed by atoms with Crippen molar-refractivity contribution in [3.05, 3.63) is 53.1 Å². The van der Waals surface area contributed by atoms with Crippen LogP contribution in [0.3, 0.4) is 0 Å². The number of benzene rings is 2. The third-order valence-electron chi connectivity index (χ3n) is 3.88. The van der Waals surface area contributed by atoms with E-state index in [4.69, 9.17) is 14.2 Å². The van der Waals surface area contributed by atoms with Gasteiger partial charge in [-0.15, -0.1) is 0 Å². The van der Waals surface area contributed by atoms with Crippen molar-refractivity contribution < 1.29 is 23.8 Å². The number of carbonyl (C=O) groups is 2. The molecule has 0 N–H and O–H groups in total. The Morgan fingerprint density at radius 3 is 2.43 bits per heavy atom. The molecule has 2 aromatic rings. The van der Waals surface area contributed by atoms with E-state index in [2.05, 4.69) is 0 Å². The molecule has 1 aliphatic rings. The molecule has 1 aliphatic heterocycles. The third-order valence-corrected chi connectivity index (χ3v) is 3.88. The Balaban J connectivity index is 2.15. The van der Waals surface area contributed by atoms with Gasteiger partial charge in [-0.05, 0) is 5.56 Å². The first-order valence-corrected chi connectivity index (χ1v) is 7.18. The minimum absolute atomic E-state index is 0.122. The van der Waals surface area contributed by atoms with Crippen molar-refractivity contribution in [1.29, 1.82) is 0 Å². The fraction of sp³-hybridized carbons (Fsp3) is 0.222. The molecule has 0 bridgehead atoms. The van der Waals surface area contributed by atoms with Crippen LogP contribution in [-0.2, 0) is 0 Å². The van der Waals surface area contributed by atoms with Gasteiger partial charge in [-0.2, -0.15) is 0 Å². The highest BCUT2D eigenvalue weighted by Crippen LogP contribution is 2.45. The van der Waals surface area contributed by atoms with Gasteiger partial charge in [0.05, 0.1) is 26.2 Å². The van der Waals surface area contributed by atoms with E-state index in [1.807, 2.05) is 30.3 Å². The molecule has 3 rings (SSSR count). The van der Waals surface area contributed by atoms with Gasteiger partial charge in [-0.1, -0.05) is 30.3 Å². The fourth-order valence-electron chi connectivity index (χ4n) is 2.76. The molecular weight excluding hydrogens is 296 g/mol. The van der Waals surface area contributed by atoms with Gasteiger partial charge in [-0.25, -0.2) is 0 Å². The lowest BCUT2D eigenvalue weighted by Crippen LogP contribution is -2.22. The first-order chi connectivity index (χ1) is 11.2. The standard InChI is InChI=1S/C18H16O5/c1-21-15-9-16(22-2)17-13(20)8-14(11-6-4-3-5-7-11)23-18(17)12(15)10-19/h3-7,9-10,14H,8H2,1-2H3/t14-/m0/s1. The molecule has 2 aromatic carbocycles. The molecular formula is C18H16O5. The van der Waals surface area contributed by atoms with Crippen molar-refractivity contribution in [2.75, 3.05) is 14.2 Å². The molecule has 0 radical (unpaired) electrons. The molecule has 1 atom stereocenters. The van der Waals surface area contributed by atoms with Crippen molar-refractivity contribution in [1.82, 2.24) is 0 Å². The molecule has 0 saturated carbocycles. The summed E-state index contributed by atoms with van der Waals surface area (Å²) in [7, 11) is 2.92. The second-order valence-corrected chi connectivity index (χ2v) is 5.16. The molecule has 0 fully saturated rings. The highest BCUT2D eigenvalue weighted by atomic mass is 16.5. The number of Topliss-reactive ketones (excluding diaryl/α,β-unsaturated/α-hetero) is 1. The van der Waals surface area contributed by atoms with Crippen LogP contribution in [-0.4, -0.2) is 26.3 Å². The monoisotopic (exact) mass is 312 g/mol. The van der Waals surface area contributed by atoms with Crippen LogP contribution in [0.4, 0.5) is 0 Å². The number of ketones is 1. The van der Waals surface area contributed by atoms with Crippen LogP contribution in [0.1, 0.15) is 38.8 Å². The fourth-order valence-corrected chi connectivity index (χ4v) is 2.76. The number of ether oxygens (including phenoxy) is 3. The summed E-state index contributed by atoms with van der Waals surface area (Å²) in [6.45, 7) is 0. The SMILES string of the molecule is COc1cc(OC)c2c(c1C=O)O[C@H](c1ccccc1)CC2=O. The molecule has 0 amide bonds. The first kappa shape index (κ1) is 15.1. The molecule has 1 heterocycles. The van der Waals surface area contributed by atoms with Crippen molar-refractivity contribution in [3.8, 4) is 17.2 Å². The lowest BCUT2D eigenvalue weighted by atomic mass is 9.93. The van der Waals surface area contributed by atoms with Gasteiger partial charge in [0.2, 0.25) is 0 Å². The summed E-state index contributed by atoms with van der Waals surface area (Å²) in [4.78, 5) is 24.1. The van der Waals surface area contributed by atoms with Crippen molar-refractivity contribution in [2.45, 2.75) is 12.5 Å². The zero-order chi connectivity index (χ0) is 16.4. The maximum absolute atomic E-state index is 12.6. The number of hydrogen-bond acceptors (Lipinski definition) is 5. The van der Waals surface area contributed by atoms with E-state index in [0.29, 0.717) is 23.3 Å². The van der Waals surface area contributed by atoms with E-state index in [-0.39, 0.29) is 23.5 Å². The van der Waals surface area contributed by atoms with Crippen molar-refractivity contribution >= 4 is 12.1 Å². The Hall–Kier alpha value is -2.82. The minimum atomic E-state index is -0.438. The van der Waals surface area contributed by atoms with Gasteiger partial charge in [-0.3, -0.25) is 9.59 Å². The third kappa shape index (κ3) is 2.54. The smallest absolute Gasteiger partial charge is 0.174 e. The summed E-state index contributed by atoms with van der Waals surface area (Å²) in [6.07, 6.45) is 0.391. The topological polar surface area (TPSA) is 61.8 Å². The van der Waals surface area contributed by atoms with Gasteiger partial charge in [0.25, 0.3) is 0 Å². The molecule has 0 aromatic heterocycles. The number of methoxy groups -OCH3 is 2. The lowest BCUT2D eigenvalue weighted by molar-refractivity contribution is 0.0841. The largest absolute Gasteiger partial charge is 0.496 e. The van der Waals surface area contributed by atoms with Crippen LogP contribution < -0.4 is 14.2 Å². The summed E-state index contributed by atoms with van der Waals surface area (Å²) in [5.41, 5.74) is 1.39. The van der Waals surface area contributed by atoms with Crippen molar-refractivity contribution in [3.63, 3.8) is 0 Å². The van der Waals surface area contributed by atoms with E-state index in [0.717, 1.165) is 5.56 Å². The van der Waals surface area contributed by atoms with Crippen molar-refractivity contribution in [2.24, 2.45) is 0 Å². The zero-order valence-electron chi connectivity index (χ0n) is 12.9. The average molecular weight is 312 g/mol. The van der Waals surface area contributed by atoms with Gasteiger partial charge >= 0.3 is 0 Å². The van der Waals surface area contributed by atoms with Crippen LogP contribution in [0.25, 0.3) is 0 Å². The van der Waals surface area contributed by atoms with Gasteiger partial charge in [0.15, 0.2) is 12.1 Å². The Labute approximate surface area is 133 Å². The molecule has 0 spiro atoms. The Kier molecular flexibility index (Phi) is 4.02. The van der Waals surface area contributed by atoms with Crippen LogP contribution in [0.5, 0.6) is 17.2 Å². The highest BCUT2D eigenvalue weighted by Gasteiger charge is 2.34. The normalized spacial score (nSPS) is 16.3. The second kappa shape index (κ2) is 6.12. The number of hydrogen-bond donors (Lipinski definition) is 0. The maximum atomic E-state index is 12.6. The number of fused-ring (bicyclic) bond motifs is 1. The van der Waals surface area contributed by atoms with Crippen LogP contribution >= 0.6 is 0 Å². The number of aldehydes is 1. The highest BCUT2D eigenvalue weighted by molar-refractivity contribution is 6.06. The molecule has 118 valence electrons. The molecule has 0 unspecified atom stereocenters. The summed E-state index contributed by atoms with van der Waals surface area (Å²) >= 11 is 0. The molecule has 0 aliphatic carbocycles. The number of carbonyl (C=O) groups excluding carboxylic acids is 2. The van der Waals surface area contributed by atoms with Gasteiger partial charge < -0.3 is 14.2 Å². The second-order valence-electron chi connectivity index (χ2n) is 5.16. The summed E-state index contributed by atoms with van der Waals surface area (Å²) in [5, 5.41) is 0. The maximum Gasteiger partial charge on any atom is 0.174 e. The van der Waals surface area contributed by atoms with E-state index in [1.54, 1.807) is 0 Å². The van der Waals surface area contributed by atoms with Gasteiger partial charge in [0, 0.05) is 6.07 Å². The Morgan fingerprint density at radius 2 is 1.83 bits per heavy atom. The minimum Gasteiger partial charge on any atom is -0.496 e. The molecule has 5 heteroatoms. The quantitative estimate of drug-likeness (QED) is 0.811. The molecule has 5 nitrogen and oxygen atoms in total. The summed E-state index contributed by atoms with van der Waals surface area (Å²) in [6, 6.07) is 11.0. The van der Waals surface area contributed by atoms with E-state index >= 15 is 0 Å². The Bertz CT molecular complexity index is 752. The summed E-state index contributed by atoms with van der Waals surface area (Å²) < 4.78 is 16.5. The van der Waals surface area contributed by atoms with E-state index in [1.165, 1.54) is 20.3 Å². The summed E-state index contributed by atoms with van der Waals surface area (Å²) in [5.74, 6) is 0.764. The first-order valence-electron chi connectivity index (χ1n) is 7.18. The van der Waals surface area contributed by atoms with Crippen LogP contribution in [0, 0.1) is 0 Å². The molecule has 23 heavy (non-hydrogen) atoms. The van der Waals surface area contributed by atoms with Gasteiger partial charge in [0.1, 0.15) is 28.9 Å². The van der Waals surface area contributed by atoms with Crippen LogP contribution in [0.15, 0.2) is 36.4 Å². The number of rotatable bonds is 4. The average Bonchev–Trinajstić information content (AvgIpc) is 2.60. The lowest BCUT2D eigenvalue weighted by Gasteiger charge is -2.28. The zero-order valence-corrected chi connectivity index (χ0v) is 12.9. The van der Waals surface area contributed by atoms with E-state index in [9.17, 15) is 9.59 Å². The van der Waals surface area contributed by atoms with Crippen LogP contribution in [0.2, 0.25) is 0 Å². The predicted molar refractivity (Wildman–Crippen MR) is 83.7 cm³/mol. The molecule has 0 saturated heterocycles.